The second-order valence-corrected chi connectivity index (χ2v) is 8.42. The molecular formula is C22H13Cl2N3O2S. The average Bonchev–Trinajstić information content (AvgIpc) is 3.41. The molecule has 148 valence electrons. The van der Waals surface area contributed by atoms with Crippen molar-refractivity contribution in [2.24, 2.45) is 0 Å². The van der Waals surface area contributed by atoms with Crippen LogP contribution in [0, 0.1) is 0 Å². The largest absolute Gasteiger partial charge is 0.457 e. The van der Waals surface area contributed by atoms with Crippen LogP contribution in [-0.2, 0) is 6.42 Å². The maximum Gasteiger partial charge on any atom is 0.291 e. The Kier molecular flexibility index (Phi) is 4.90. The van der Waals surface area contributed by atoms with Crippen molar-refractivity contribution in [1.82, 2.24) is 14.6 Å². The maximum atomic E-state index is 12.7. The van der Waals surface area contributed by atoms with Gasteiger partial charge in [0.25, 0.3) is 5.56 Å². The van der Waals surface area contributed by atoms with E-state index in [0.29, 0.717) is 48.9 Å². The molecule has 0 aliphatic carbocycles. The third kappa shape index (κ3) is 3.54. The van der Waals surface area contributed by atoms with Crippen molar-refractivity contribution in [3.63, 3.8) is 0 Å². The summed E-state index contributed by atoms with van der Waals surface area (Å²) in [4.78, 5) is 17.8. The fraction of sp³-hybridized carbons (Fsp3) is 0.0455. The quantitative estimate of drug-likeness (QED) is 0.389. The fourth-order valence-electron chi connectivity index (χ4n) is 3.15. The van der Waals surface area contributed by atoms with E-state index in [2.05, 4.69) is 10.1 Å². The summed E-state index contributed by atoms with van der Waals surface area (Å²) < 4.78 is 7.68. The number of benzene rings is 2. The minimum atomic E-state index is -0.226. The van der Waals surface area contributed by atoms with Gasteiger partial charge in [-0.05, 0) is 29.8 Å². The van der Waals surface area contributed by atoms with E-state index in [9.17, 15) is 4.79 Å². The molecule has 0 N–H and O–H groups in total. The van der Waals surface area contributed by atoms with E-state index in [0.717, 1.165) is 5.56 Å². The van der Waals surface area contributed by atoms with Gasteiger partial charge in [0.15, 0.2) is 5.82 Å². The highest BCUT2D eigenvalue weighted by Gasteiger charge is 2.14. The van der Waals surface area contributed by atoms with Crippen LogP contribution in [0.25, 0.3) is 22.4 Å². The number of hydrogen-bond donors (Lipinski definition) is 0. The van der Waals surface area contributed by atoms with Gasteiger partial charge in [0.1, 0.15) is 16.1 Å². The summed E-state index contributed by atoms with van der Waals surface area (Å²) in [5.41, 5.74) is 1.49. The zero-order chi connectivity index (χ0) is 20.7. The van der Waals surface area contributed by atoms with Crippen LogP contribution in [0.4, 0.5) is 0 Å². The topological polar surface area (TPSA) is 60.4 Å². The molecule has 5 aromatic rings. The van der Waals surface area contributed by atoms with Crippen molar-refractivity contribution in [1.29, 1.82) is 0 Å². The van der Waals surface area contributed by atoms with E-state index in [-0.39, 0.29) is 5.56 Å². The number of aromatic nitrogens is 3. The number of fused-ring (bicyclic) bond motifs is 1. The molecule has 0 bridgehead atoms. The molecule has 0 radical (unpaired) electrons. The molecule has 3 aromatic heterocycles. The molecule has 5 rings (SSSR count). The summed E-state index contributed by atoms with van der Waals surface area (Å²) in [6.45, 7) is 0. The molecule has 5 nitrogen and oxygen atoms in total. The lowest BCUT2D eigenvalue weighted by Crippen LogP contribution is -2.23. The van der Waals surface area contributed by atoms with Crippen molar-refractivity contribution in [2.45, 2.75) is 6.42 Å². The Labute approximate surface area is 184 Å². The van der Waals surface area contributed by atoms with Crippen molar-refractivity contribution < 1.29 is 4.42 Å². The Morgan fingerprint density at radius 2 is 1.77 bits per heavy atom. The Balaban J connectivity index is 1.48. The number of furan rings is 1. The Morgan fingerprint density at radius 1 is 1.00 bits per heavy atom. The van der Waals surface area contributed by atoms with Crippen molar-refractivity contribution >= 4 is 45.6 Å². The minimum absolute atomic E-state index is 0.226. The van der Waals surface area contributed by atoms with Crippen LogP contribution in [0.1, 0.15) is 17.1 Å². The molecule has 0 atom stereocenters. The molecule has 2 aromatic carbocycles. The molecule has 0 aliphatic rings. The lowest BCUT2D eigenvalue weighted by molar-refractivity contribution is 0.571. The number of thiazole rings is 1. The van der Waals surface area contributed by atoms with E-state index in [4.69, 9.17) is 27.6 Å². The molecule has 0 fully saturated rings. The lowest BCUT2D eigenvalue weighted by atomic mass is 10.1. The molecular weight excluding hydrogens is 441 g/mol. The van der Waals surface area contributed by atoms with E-state index >= 15 is 0 Å². The Bertz CT molecular complexity index is 1450. The predicted molar refractivity (Wildman–Crippen MR) is 119 cm³/mol. The van der Waals surface area contributed by atoms with Crippen LogP contribution in [0.3, 0.4) is 0 Å². The molecule has 0 spiro atoms. The van der Waals surface area contributed by atoms with E-state index in [1.165, 1.54) is 15.9 Å². The third-order valence-corrected chi connectivity index (χ3v) is 6.13. The van der Waals surface area contributed by atoms with Crippen LogP contribution in [-0.4, -0.2) is 14.6 Å². The molecule has 0 saturated heterocycles. The van der Waals surface area contributed by atoms with Crippen molar-refractivity contribution in [3.05, 3.63) is 103 Å². The van der Waals surface area contributed by atoms with Gasteiger partial charge in [-0.2, -0.15) is 4.52 Å². The highest BCUT2D eigenvalue weighted by atomic mass is 35.5. The number of halogens is 2. The van der Waals surface area contributed by atoms with Crippen LogP contribution in [0.2, 0.25) is 10.0 Å². The van der Waals surface area contributed by atoms with Crippen LogP contribution >= 0.6 is 34.5 Å². The highest BCUT2D eigenvalue weighted by molar-refractivity contribution is 7.15. The van der Waals surface area contributed by atoms with Gasteiger partial charge >= 0.3 is 0 Å². The second-order valence-electron chi connectivity index (χ2n) is 6.60. The van der Waals surface area contributed by atoms with Gasteiger partial charge in [-0.1, -0.05) is 70.9 Å². The normalized spacial score (nSPS) is 12.1. The number of nitrogens with zero attached hydrogens (tertiary/aromatic N) is 3. The zero-order valence-corrected chi connectivity index (χ0v) is 17.7. The van der Waals surface area contributed by atoms with E-state index < -0.39 is 0 Å². The summed E-state index contributed by atoms with van der Waals surface area (Å²) in [6, 6.07) is 18.7. The molecule has 0 amide bonds. The molecule has 8 heteroatoms. The molecule has 0 aliphatic heterocycles. The first kappa shape index (κ1) is 19.1. The molecule has 0 unspecified atom stereocenters. The standard InChI is InChI=1S/C22H13Cl2N3O2S/c23-15-7-4-8-16(24)20(15)17-10-9-14(29-17)12-18-21(28)27-22(30-18)25-19(26-27)11-13-5-2-1-3-6-13/h1-10,12H,11H2. The van der Waals surface area contributed by atoms with Gasteiger partial charge in [0.05, 0.1) is 15.6 Å². The highest BCUT2D eigenvalue weighted by Crippen LogP contribution is 2.35. The lowest BCUT2D eigenvalue weighted by Gasteiger charge is -2.02. The summed E-state index contributed by atoms with van der Waals surface area (Å²) in [5.74, 6) is 1.67. The summed E-state index contributed by atoms with van der Waals surface area (Å²) in [5, 5.41) is 5.36. The van der Waals surface area contributed by atoms with Gasteiger partial charge in [-0.15, -0.1) is 5.10 Å². The first-order valence-corrected chi connectivity index (χ1v) is 10.6. The molecule has 30 heavy (non-hydrogen) atoms. The van der Waals surface area contributed by atoms with Crippen LogP contribution in [0.15, 0.2) is 69.9 Å². The van der Waals surface area contributed by atoms with Gasteiger partial charge in [-0.25, -0.2) is 4.98 Å². The van der Waals surface area contributed by atoms with Gasteiger partial charge < -0.3 is 4.42 Å². The summed E-state index contributed by atoms with van der Waals surface area (Å²) >= 11 is 13.8. The van der Waals surface area contributed by atoms with Crippen LogP contribution in [0.5, 0.6) is 0 Å². The zero-order valence-electron chi connectivity index (χ0n) is 15.4. The summed E-state index contributed by atoms with van der Waals surface area (Å²) in [7, 11) is 0. The van der Waals surface area contributed by atoms with Crippen molar-refractivity contribution in [3.8, 4) is 11.3 Å². The van der Waals surface area contributed by atoms with Crippen molar-refractivity contribution in [2.75, 3.05) is 0 Å². The van der Waals surface area contributed by atoms with Crippen LogP contribution < -0.4 is 10.1 Å². The van der Waals surface area contributed by atoms with Gasteiger partial charge in [0.2, 0.25) is 4.96 Å². The fourth-order valence-corrected chi connectivity index (χ4v) is 4.65. The smallest absolute Gasteiger partial charge is 0.291 e. The maximum absolute atomic E-state index is 12.7. The monoisotopic (exact) mass is 453 g/mol. The molecule has 3 heterocycles. The number of rotatable bonds is 4. The van der Waals surface area contributed by atoms with E-state index in [1.54, 1.807) is 36.4 Å². The number of hydrogen-bond acceptors (Lipinski definition) is 5. The first-order valence-electron chi connectivity index (χ1n) is 9.07. The van der Waals surface area contributed by atoms with E-state index in [1.807, 2.05) is 30.3 Å². The molecule has 0 saturated carbocycles. The predicted octanol–water partition coefficient (Wildman–Crippen LogP) is 4.86. The third-order valence-electron chi connectivity index (χ3n) is 4.54. The Morgan fingerprint density at radius 3 is 2.50 bits per heavy atom. The SMILES string of the molecule is O=c1c(=Cc2ccc(-c3c(Cl)cccc3Cl)o2)sc2nc(Cc3ccccc3)nn12. The van der Waals surface area contributed by atoms with Gasteiger partial charge in [0, 0.05) is 12.5 Å². The average molecular weight is 454 g/mol. The minimum Gasteiger partial charge on any atom is -0.457 e. The second kappa shape index (κ2) is 7.72. The first-order chi connectivity index (χ1) is 14.6. The summed E-state index contributed by atoms with van der Waals surface area (Å²) in [6.07, 6.45) is 2.25. The Hall–Kier alpha value is -2.93. The van der Waals surface area contributed by atoms with Gasteiger partial charge in [-0.3, -0.25) is 4.79 Å².